The summed E-state index contributed by atoms with van der Waals surface area (Å²) in [7, 11) is 1.70. The fraction of sp³-hybridized carbons (Fsp3) is 1.00. The first-order valence-electron chi connectivity index (χ1n) is 3.49. The van der Waals surface area contributed by atoms with Gasteiger partial charge in [0.1, 0.15) is 0 Å². The van der Waals surface area contributed by atoms with Gasteiger partial charge in [0.2, 0.25) is 0 Å². The van der Waals surface area contributed by atoms with Crippen molar-refractivity contribution in [2.75, 3.05) is 13.7 Å². The molecule has 1 aliphatic rings. The zero-order valence-electron chi connectivity index (χ0n) is 6.09. The summed E-state index contributed by atoms with van der Waals surface area (Å²) in [5.74, 6) is 0.573. The molecule has 2 heteroatoms. The lowest BCUT2D eigenvalue weighted by atomic mass is 10.0. The third kappa shape index (κ3) is 1.66. The lowest BCUT2D eigenvalue weighted by Crippen LogP contribution is -2.28. The second kappa shape index (κ2) is 3.18. The van der Waals surface area contributed by atoms with Gasteiger partial charge in [0.25, 0.3) is 0 Å². The average molecular weight is 130 g/mol. The van der Waals surface area contributed by atoms with E-state index in [0.29, 0.717) is 5.92 Å². The van der Waals surface area contributed by atoms with Crippen LogP contribution in [0.5, 0.6) is 0 Å². The molecule has 0 N–H and O–H groups in total. The van der Waals surface area contributed by atoms with Crippen LogP contribution >= 0.6 is 0 Å². The van der Waals surface area contributed by atoms with Gasteiger partial charge in [-0.3, -0.25) is 0 Å². The maximum Gasteiger partial charge on any atom is 0.159 e. The Morgan fingerprint density at radius 1 is 1.56 bits per heavy atom. The smallest absolute Gasteiger partial charge is 0.159 e. The molecule has 1 rings (SSSR count). The normalized spacial score (nSPS) is 36.7. The van der Waals surface area contributed by atoms with Crippen molar-refractivity contribution < 1.29 is 9.47 Å². The van der Waals surface area contributed by atoms with Crippen LogP contribution in [0.4, 0.5) is 0 Å². The molecule has 0 saturated carbocycles. The Morgan fingerprint density at radius 3 is 2.78 bits per heavy atom. The largest absolute Gasteiger partial charge is 0.356 e. The molecule has 0 bridgehead atoms. The Balaban J connectivity index is 2.30. The summed E-state index contributed by atoms with van der Waals surface area (Å²) < 4.78 is 10.4. The van der Waals surface area contributed by atoms with Crippen molar-refractivity contribution in [3.8, 4) is 0 Å². The summed E-state index contributed by atoms with van der Waals surface area (Å²) in [6.45, 7) is 3.02. The van der Waals surface area contributed by atoms with Gasteiger partial charge in [0, 0.05) is 19.6 Å². The van der Waals surface area contributed by atoms with Gasteiger partial charge in [-0.15, -0.1) is 0 Å². The molecule has 0 aromatic heterocycles. The molecule has 2 atom stereocenters. The van der Waals surface area contributed by atoms with E-state index in [1.54, 1.807) is 7.11 Å². The highest BCUT2D eigenvalue weighted by Gasteiger charge is 2.20. The fourth-order valence-corrected chi connectivity index (χ4v) is 1.21. The minimum atomic E-state index is 0.0544. The summed E-state index contributed by atoms with van der Waals surface area (Å²) in [4.78, 5) is 0. The van der Waals surface area contributed by atoms with Crippen LogP contribution in [0.2, 0.25) is 0 Å². The van der Waals surface area contributed by atoms with E-state index in [1.165, 1.54) is 12.8 Å². The van der Waals surface area contributed by atoms with Crippen LogP contribution in [0.25, 0.3) is 0 Å². The molecule has 0 aromatic carbocycles. The van der Waals surface area contributed by atoms with Crippen LogP contribution in [-0.2, 0) is 9.47 Å². The van der Waals surface area contributed by atoms with Gasteiger partial charge in [-0.05, 0) is 12.8 Å². The Kier molecular flexibility index (Phi) is 2.49. The van der Waals surface area contributed by atoms with Crippen molar-refractivity contribution in [3.05, 3.63) is 0 Å². The fourth-order valence-electron chi connectivity index (χ4n) is 1.21. The molecular weight excluding hydrogens is 116 g/mol. The lowest BCUT2D eigenvalue weighted by molar-refractivity contribution is -0.173. The quantitative estimate of drug-likeness (QED) is 0.534. The highest BCUT2D eigenvalue weighted by atomic mass is 16.7. The summed E-state index contributed by atoms with van der Waals surface area (Å²) in [6, 6.07) is 0. The van der Waals surface area contributed by atoms with Crippen molar-refractivity contribution in [3.63, 3.8) is 0 Å². The Labute approximate surface area is 56.2 Å². The molecule has 1 aliphatic heterocycles. The van der Waals surface area contributed by atoms with E-state index in [4.69, 9.17) is 9.47 Å². The average Bonchev–Trinajstić information content (AvgIpc) is 1.89. The van der Waals surface area contributed by atoms with Crippen LogP contribution in [0.1, 0.15) is 19.8 Å². The molecule has 1 fully saturated rings. The first kappa shape index (κ1) is 7.03. The van der Waals surface area contributed by atoms with Gasteiger partial charge in [-0.1, -0.05) is 6.92 Å². The summed E-state index contributed by atoms with van der Waals surface area (Å²) in [5.41, 5.74) is 0. The molecule has 9 heavy (non-hydrogen) atoms. The van der Waals surface area contributed by atoms with Gasteiger partial charge in [-0.25, -0.2) is 0 Å². The molecular formula is C7H14O2. The number of rotatable bonds is 1. The second-order valence-electron chi connectivity index (χ2n) is 2.59. The molecule has 0 amide bonds. The monoisotopic (exact) mass is 130 g/mol. The first-order chi connectivity index (χ1) is 4.34. The molecule has 0 spiro atoms. The van der Waals surface area contributed by atoms with Crippen molar-refractivity contribution in [2.45, 2.75) is 26.1 Å². The van der Waals surface area contributed by atoms with E-state index in [2.05, 4.69) is 6.92 Å². The Morgan fingerprint density at radius 2 is 2.33 bits per heavy atom. The van der Waals surface area contributed by atoms with Gasteiger partial charge in [0.05, 0.1) is 0 Å². The van der Waals surface area contributed by atoms with Crippen molar-refractivity contribution in [1.29, 1.82) is 0 Å². The molecule has 0 radical (unpaired) electrons. The zero-order chi connectivity index (χ0) is 6.69. The third-order valence-electron chi connectivity index (χ3n) is 1.78. The number of hydrogen-bond donors (Lipinski definition) is 0. The van der Waals surface area contributed by atoms with Crippen molar-refractivity contribution in [2.24, 2.45) is 5.92 Å². The van der Waals surface area contributed by atoms with E-state index in [-0.39, 0.29) is 6.29 Å². The molecule has 2 nitrogen and oxygen atoms in total. The maximum absolute atomic E-state index is 5.32. The summed E-state index contributed by atoms with van der Waals surface area (Å²) in [6.07, 6.45) is 2.47. The van der Waals surface area contributed by atoms with Crippen LogP contribution in [0.3, 0.4) is 0 Å². The predicted octanol–water partition coefficient (Wildman–Crippen LogP) is 1.41. The lowest BCUT2D eigenvalue weighted by Gasteiger charge is -2.27. The number of methoxy groups -OCH3 is 1. The van der Waals surface area contributed by atoms with E-state index in [9.17, 15) is 0 Å². The van der Waals surface area contributed by atoms with Crippen LogP contribution in [0, 0.1) is 5.92 Å². The molecule has 1 unspecified atom stereocenters. The SMILES string of the molecule is COC1OCCC[C@@H]1C. The van der Waals surface area contributed by atoms with Crippen molar-refractivity contribution >= 4 is 0 Å². The zero-order valence-corrected chi connectivity index (χ0v) is 6.09. The van der Waals surface area contributed by atoms with Crippen LogP contribution in [0.15, 0.2) is 0 Å². The molecule has 54 valence electrons. The standard InChI is InChI=1S/C7H14O2/c1-6-4-3-5-9-7(6)8-2/h6-7H,3-5H2,1-2H3/t6-,7?/m0/s1. The van der Waals surface area contributed by atoms with Gasteiger partial charge >= 0.3 is 0 Å². The number of hydrogen-bond acceptors (Lipinski definition) is 2. The van der Waals surface area contributed by atoms with Gasteiger partial charge < -0.3 is 9.47 Å². The van der Waals surface area contributed by atoms with Crippen LogP contribution in [-0.4, -0.2) is 20.0 Å². The minimum absolute atomic E-state index is 0.0544. The summed E-state index contributed by atoms with van der Waals surface area (Å²) in [5, 5.41) is 0. The Hall–Kier alpha value is -0.0800. The minimum Gasteiger partial charge on any atom is -0.356 e. The molecule has 1 saturated heterocycles. The molecule has 0 aliphatic carbocycles. The summed E-state index contributed by atoms with van der Waals surface area (Å²) >= 11 is 0. The first-order valence-corrected chi connectivity index (χ1v) is 3.49. The second-order valence-corrected chi connectivity index (χ2v) is 2.59. The van der Waals surface area contributed by atoms with Gasteiger partial charge in [-0.2, -0.15) is 0 Å². The van der Waals surface area contributed by atoms with Gasteiger partial charge in [0.15, 0.2) is 6.29 Å². The molecule has 1 heterocycles. The van der Waals surface area contributed by atoms with Crippen LogP contribution < -0.4 is 0 Å². The Bertz CT molecular complexity index is 83.0. The highest BCUT2D eigenvalue weighted by Crippen LogP contribution is 2.19. The van der Waals surface area contributed by atoms with E-state index < -0.39 is 0 Å². The van der Waals surface area contributed by atoms with E-state index in [0.717, 1.165) is 6.61 Å². The van der Waals surface area contributed by atoms with E-state index >= 15 is 0 Å². The number of ether oxygens (including phenoxy) is 2. The maximum atomic E-state index is 5.32. The third-order valence-corrected chi connectivity index (χ3v) is 1.78. The topological polar surface area (TPSA) is 18.5 Å². The molecule has 0 aromatic rings. The van der Waals surface area contributed by atoms with E-state index in [1.807, 2.05) is 0 Å². The predicted molar refractivity (Wildman–Crippen MR) is 35.1 cm³/mol. The highest BCUT2D eigenvalue weighted by molar-refractivity contribution is 4.61. The van der Waals surface area contributed by atoms with Crippen molar-refractivity contribution in [1.82, 2.24) is 0 Å².